The Labute approximate surface area is 159 Å². The number of anilines is 2. The van der Waals surface area contributed by atoms with Gasteiger partial charge in [0.15, 0.2) is 0 Å². The normalized spacial score (nSPS) is 10.3. The number of pyridine rings is 1. The molecular formula is C22H23N3O2. The highest BCUT2D eigenvalue weighted by Gasteiger charge is 2.10. The minimum Gasteiger partial charge on any atom is -0.495 e. The van der Waals surface area contributed by atoms with E-state index < -0.39 is 0 Å². The van der Waals surface area contributed by atoms with Crippen molar-refractivity contribution in [2.45, 2.75) is 12.8 Å². The molecule has 0 aliphatic carbocycles. The fourth-order valence-electron chi connectivity index (χ4n) is 2.77. The van der Waals surface area contributed by atoms with Crippen LogP contribution < -0.4 is 15.4 Å². The van der Waals surface area contributed by atoms with Gasteiger partial charge in [0.25, 0.3) is 5.91 Å². The number of nitrogens with one attached hydrogen (secondary N) is 2. The number of aryl methyl sites for hydroxylation is 1. The van der Waals surface area contributed by atoms with E-state index in [1.54, 1.807) is 37.7 Å². The maximum atomic E-state index is 12.5. The largest absolute Gasteiger partial charge is 0.495 e. The van der Waals surface area contributed by atoms with Crippen LogP contribution in [0, 0.1) is 0 Å². The van der Waals surface area contributed by atoms with Crippen molar-refractivity contribution in [3.8, 4) is 5.75 Å². The molecule has 0 aliphatic heterocycles. The van der Waals surface area contributed by atoms with Gasteiger partial charge in [0.05, 0.1) is 24.0 Å². The molecule has 0 unspecified atom stereocenters. The average molecular weight is 361 g/mol. The SMILES string of the molecule is COc1ccccc1NC(=O)c1cncc(NCCCc2ccccc2)c1. The Morgan fingerprint density at radius 3 is 2.63 bits per heavy atom. The average Bonchev–Trinajstić information content (AvgIpc) is 2.72. The van der Waals surface area contributed by atoms with Crippen LogP contribution in [0.1, 0.15) is 22.3 Å². The highest BCUT2D eigenvalue weighted by Crippen LogP contribution is 2.23. The van der Waals surface area contributed by atoms with Crippen LogP contribution in [0.15, 0.2) is 73.1 Å². The Morgan fingerprint density at radius 1 is 1.04 bits per heavy atom. The molecule has 1 heterocycles. The lowest BCUT2D eigenvalue weighted by atomic mass is 10.1. The van der Waals surface area contributed by atoms with E-state index in [0.717, 1.165) is 25.1 Å². The maximum Gasteiger partial charge on any atom is 0.257 e. The van der Waals surface area contributed by atoms with Gasteiger partial charge in [-0.15, -0.1) is 0 Å². The third-order valence-electron chi connectivity index (χ3n) is 4.17. The Kier molecular flexibility index (Phi) is 6.41. The second-order valence-corrected chi connectivity index (χ2v) is 6.13. The highest BCUT2D eigenvalue weighted by molar-refractivity contribution is 6.05. The molecule has 0 saturated carbocycles. The van der Waals surface area contributed by atoms with E-state index in [4.69, 9.17) is 4.74 Å². The molecule has 0 atom stereocenters. The molecule has 5 heteroatoms. The fourth-order valence-corrected chi connectivity index (χ4v) is 2.77. The molecule has 0 saturated heterocycles. The smallest absolute Gasteiger partial charge is 0.257 e. The molecule has 0 bridgehead atoms. The molecule has 2 N–H and O–H groups in total. The fraction of sp³-hybridized carbons (Fsp3) is 0.182. The van der Waals surface area contributed by atoms with Crippen LogP contribution in [0.5, 0.6) is 5.75 Å². The Balaban J connectivity index is 1.55. The van der Waals surface area contributed by atoms with Crippen molar-refractivity contribution < 1.29 is 9.53 Å². The second-order valence-electron chi connectivity index (χ2n) is 6.13. The van der Waals surface area contributed by atoms with E-state index in [-0.39, 0.29) is 5.91 Å². The minimum atomic E-state index is -0.222. The molecule has 27 heavy (non-hydrogen) atoms. The molecule has 5 nitrogen and oxygen atoms in total. The van der Waals surface area contributed by atoms with E-state index in [9.17, 15) is 4.79 Å². The van der Waals surface area contributed by atoms with Gasteiger partial charge in [-0.3, -0.25) is 9.78 Å². The second kappa shape index (κ2) is 9.38. The van der Waals surface area contributed by atoms with Gasteiger partial charge < -0.3 is 15.4 Å². The number of para-hydroxylation sites is 2. The Morgan fingerprint density at radius 2 is 1.81 bits per heavy atom. The maximum absolute atomic E-state index is 12.5. The number of aromatic nitrogens is 1. The quantitative estimate of drug-likeness (QED) is 0.584. The summed E-state index contributed by atoms with van der Waals surface area (Å²) in [5.41, 5.74) is 3.28. The predicted octanol–water partition coefficient (Wildman–Crippen LogP) is 4.39. The highest BCUT2D eigenvalue weighted by atomic mass is 16.5. The first-order chi connectivity index (χ1) is 13.3. The molecule has 1 aromatic heterocycles. The van der Waals surface area contributed by atoms with E-state index in [1.165, 1.54) is 5.56 Å². The minimum absolute atomic E-state index is 0.222. The molecule has 0 aliphatic rings. The predicted molar refractivity (Wildman–Crippen MR) is 108 cm³/mol. The van der Waals surface area contributed by atoms with Gasteiger partial charge in [0, 0.05) is 18.9 Å². The van der Waals surface area contributed by atoms with Crippen molar-refractivity contribution in [2.75, 3.05) is 24.3 Å². The van der Waals surface area contributed by atoms with Gasteiger partial charge in [-0.2, -0.15) is 0 Å². The molecular weight excluding hydrogens is 338 g/mol. The van der Waals surface area contributed by atoms with E-state index >= 15 is 0 Å². The zero-order chi connectivity index (χ0) is 18.9. The third-order valence-corrected chi connectivity index (χ3v) is 4.17. The van der Waals surface area contributed by atoms with Gasteiger partial charge in [-0.05, 0) is 36.6 Å². The summed E-state index contributed by atoms with van der Waals surface area (Å²) in [7, 11) is 1.58. The number of amides is 1. The number of carbonyl (C=O) groups excluding carboxylic acids is 1. The van der Waals surface area contributed by atoms with Gasteiger partial charge in [-0.25, -0.2) is 0 Å². The molecule has 3 aromatic rings. The summed E-state index contributed by atoms with van der Waals surface area (Å²) in [6.45, 7) is 0.814. The molecule has 0 radical (unpaired) electrons. The summed E-state index contributed by atoms with van der Waals surface area (Å²) in [5, 5.41) is 6.19. The number of benzene rings is 2. The van der Waals surface area contributed by atoms with Crippen LogP contribution in [0.2, 0.25) is 0 Å². The van der Waals surface area contributed by atoms with Gasteiger partial charge in [-0.1, -0.05) is 42.5 Å². The summed E-state index contributed by atoms with van der Waals surface area (Å²) in [4.78, 5) is 16.7. The zero-order valence-electron chi connectivity index (χ0n) is 15.3. The first kappa shape index (κ1) is 18.5. The Bertz CT molecular complexity index is 881. The van der Waals surface area contributed by atoms with Crippen LogP contribution >= 0.6 is 0 Å². The van der Waals surface area contributed by atoms with Crippen molar-refractivity contribution in [2.24, 2.45) is 0 Å². The number of hydrogen-bond donors (Lipinski definition) is 2. The van der Waals surface area contributed by atoms with Crippen molar-refractivity contribution in [1.29, 1.82) is 0 Å². The van der Waals surface area contributed by atoms with Crippen LogP contribution in [0.3, 0.4) is 0 Å². The van der Waals surface area contributed by atoms with E-state index in [2.05, 4.69) is 39.9 Å². The van der Waals surface area contributed by atoms with Crippen LogP contribution in [0.25, 0.3) is 0 Å². The van der Waals surface area contributed by atoms with Crippen molar-refractivity contribution in [1.82, 2.24) is 4.98 Å². The number of ether oxygens (including phenoxy) is 1. The monoisotopic (exact) mass is 361 g/mol. The van der Waals surface area contributed by atoms with E-state index in [1.807, 2.05) is 18.2 Å². The van der Waals surface area contributed by atoms with Crippen molar-refractivity contribution in [3.05, 3.63) is 84.2 Å². The number of methoxy groups -OCH3 is 1. The molecule has 2 aromatic carbocycles. The summed E-state index contributed by atoms with van der Waals surface area (Å²) in [6, 6.07) is 19.5. The van der Waals surface area contributed by atoms with Gasteiger partial charge in [0.2, 0.25) is 0 Å². The van der Waals surface area contributed by atoms with Gasteiger partial charge >= 0.3 is 0 Å². The van der Waals surface area contributed by atoms with Crippen LogP contribution in [0.4, 0.5) is 11.4 Å². The van der Waals surface area contributed by atoms with Crippen LogP contribution in [-0.2, 0) is 6.42 Å². The topological polar surface area (TPSA) is 63.2 Å². The van der Waals surface area contributed by atoms with Crippen molar-refractivity contribution in [3.63, 3.8) is 0 Å². The van der Waals surface area contributed by atoms with Crippen molar-refractivity contribution >= 4 is 17.3 Å². The molecule has 0 fully saturated rings. The number of carbonyl (C=O) groups is 1. The van der Waals surface area contributed by atoms with Gasteiger partial charge in [0.1, 0.15) is 5.75 Å². The molecule has 3 rings (SSSR count). The number of nitrogens with zero attached hydrogens (tertiary/aromatic N) is 1. The molecule has 0 spiro atoms. The first-order valence-corrected chi connectivity index (χ1v) is 8.93. The molecule has 1 amide bonds. The number of rotatable bonds is 8. The zero-order valence-corrected chi connectivity index (χ0v) is 15.3. The summed E-state index contributed by atoms with van der Waals surface area (Å²) < 4.78 is 5.27. The lowest BCUT2D eigenvalue weighted by Crippen LogP contribution is -2.13. The molecule has 138 valence electrons. The third kappa shape index (κ3) is 5.31. The lowest BCUT2D eigenvalue weighted by molar-refractivity contribution is 0.102. The standard InChI is InChI=1S/C22H23N3O2/c1-27-21-12-6-5-11-20(21)25-22(26)18-14-19(16-23-15-18)24-13-7-10-17-8-3-2-4-9-17/h2-6,8-9,11-12,14-16,24H,7,10,13H2,1H3,(H,25,26). The summed E-state index contributed by atoms with van der Waals surface area (Å²) in [5.74, 6) is 0.397. The summed E-state index contributed by atoms with van der Waals surface area (Å²) >= 11 is 0. The first-order valence-electron chi connectivity index (χ1n) is 8.93. The lowest BCUT2D eigenvalue weighted by Gasteiger charge is -2.11. The number of hydrogen-bond acceptors (Lipinski definition) is 4. The van der Waals surface area contributed by atoms with Crippen LogP contribution in [-0.4, -0.2) is 24.5 Å². The summed E-state index contributed by atoms with van der Waals surface area (Å²) in [6.07, 6.45) is 5.29. The van der Waals surface area contributed by atoms with E-state index in [0.29, 0.717) is 17.0 Å². The Hall–Kier alpha value is -3.34.